The van der Waals surface area contributed by atoms with Crippen LogP contribution in [0.1, 0.15) is 29.6 Å². The first-order chi connectivity index (χ1) is 13.7. The number of nitrogens with zero attached hydrogens (tertiary/aromatic N) is 2. The lowest BCUT2D eigenvalue weighted by atomic mass is 10.1. The Morgan fingerprint density at radius 2 is 2.04 bits per heavy atom. The van der Waals surface area contributed by atoms with Crippen LogP contribution in [0.3, 0.4) is 0 Å². The van der Waals surface area contributed by atoms with Gasteiger partial charge in [-0.3, -0.25) is 9.89 Å². The SMILES string of the molecule is CN=C(NCC(C)Cc1cccs1)NCC(c1cccs1)N1CCOC(C)C1. The first-order valence-electron chi connectivity index (χ1n) is 10.0. The van der Waals surface area contributed by atoms with Crippen molar-refractivity contribution in [2.75, 3.05) is 39.8 Å². The fourth-order valence-electron chi connectivity index (χ4n) is 3.55. The second-order valence-electron chi connectivity index (χ2n) is 7.43. The molecule has 1 aliphatic heterocycles. The third kappa shape index (κ3) is 6.30. The summed E-state index contributed by atoms with van der Waals surface area (Å²) in [4.78, 5) is 9.79. The summed E-state index contributed by atoms with van der Waals surface area (Å²) in [5, 5.41) is 11.4. The number of ether oxygens (including phenoxy) is 1. The number of hydrogen-bond acceptors (Lipinski definition) is 5. The van der Waals surface area contributed by atoms with E-state index in [4.69, 9.17) is 4.74 Å². The molecule has 0 amide bonds. The number of guanidine groups is 1. The van der Waals surface area contributed by atoms with E-state index in [-0.39, 0.29) is 6.10 Å². The molecule has 1 saturated heterocycles. The molecule has 1 fully saturated rings. The molecule has 2 aromatic rings. The Labute approximate surface area is 176 Å². The number of thiophene rings is 2. The van der Waals surface area contributed by atoms with Gasteiger partial charge >= 0.3 is 0 Å². The van der Waals surface area contributed by atoms with Gasteiger partial charge in [0, 0.05) is 43.0 Å². The Balaban J connectivity index is 1.52. The highest BCUT2D eigenvalue weighted by Gasteiger charge is 2.26. The molecule has 154 valence electrons. The maximum atomic E-state index is 5.74. The second kappa shape index (κ2) is 11.0. The molecule has 0 bridgehead atoms. The van der Waals surface area contributed by atoms with E-state index in [2.05, 4.69) is 69.4 Å². The lowest BCUT2D eigenvalue weighted by Crippen LogP contribution is -2.48. The average molecular weight is 421 g/mol. The average Bonchev–Trinajstić information content (AvgIpc) is 3.39. The Morgan fingerprint density at radius 1 is 1.25 bits per heavy atom. The summed E-state index contributed by atoms with van der Waals surface area (Å²) >= 11 is 3.66. The Hall–Kier alpha value is -1.41. The minimum absolute atomic E-state index is 0.284. The smallest absolute Gasteiger partial charge is 0.191 e. The molecule has 3 heterocycles. The van der Waals surface area contributed by atoms with Crippen LogP contribution in [0.15, 0.2) is 40.0 Å². The van der Waals surface area contributed by atoms with Crippen molar-refractivity contribution in [2.45, 2.75) is 32.4 Å². The molecular weight excluding hydrogens is 388 g/mol. The quantitative estimate of drug-likeness (QED) is 0.506. The van der Waals surface area contributed by atoms with E-state index >= 15 is 0 Å². The first kappa shape index (κ1) is 21.3. The number of morpholine rings is 1. The number of aliphatic imine (C=N–C) groups is 1. The third-order valence-electron chi connectivity index (χ3n) is 5.02. The summed E-state index contributed by atoms with van der Waals surface area (Å²) in [6, 6.07) is 9.04. The number of hydrogen-bond donors (Lipinski definition) is 2. The van der Waals surface area contributed by atoms with Crippen molar-refractivity contribution in [3.63, 3.8) is 0 Å². The molecule has 28 heavy (non-hydrogen) atoms. The van der Waals surface area contributed by atoms with Gasteiger partial charge in [-0.15, -0.1) is 22.7 Å². The van der Waals surface area contributed by atoms with Gasteiger partial charge in [-0.05, 0) is 42.2 Å². The Bertz CT molecular complexity index is 702. The van der Waals surface area contributed by atoms with E-state index in [1.165, 1.54) is 9.75 Å². The molecule has 3 unspecified atom stereocenters. The van der Waals surface area contributed by atoms with Gasteiger partial charge in [-0.2, -0.15) is 0 Å². The van der Waals surface area contributed by atoms with Gasteiger partial charge in [-0.25, -0.2) is 0 Å². The van der Waals surface area contributed by atoms with Crippen LogP contribution in [0.2, 0.25) is 0 Å². The van der Waals surface area contributed by atoms with Crippen LogP contribution in [0.4, 0.5) is 0 Å². The van der Waals surface area contributed by atoms with Crippen molar-refractivity contribution >= 4 is 28.6 Å². The van der Waals surface area contributed by atoms with Crippen molar-refractivity contribution in [3.8, 4) is 0 Å². The van der Waals surface area contributed by atoms with Gasteiger partial charge in [0.15, 0.2) is 5.96 Å². The van der Waals surface area contributed by atoms with E-state index in [1.807, 2.05) is 29.7 Å². The molecule has 2 aromatic heterocycles. The van der Waals surface area contributed by atoms with Crippen molar-refractivity contribution in [1.82, 2.24) is 15.5 Å². The zero-order valence-electron chi connectivity index (χ0n) is 17.1. The fourth-order valence-corrected chi connectivity index (χ4v) is 5.28. The van der Waals surface area contributed by atoms with Crippen LogP contribution in [0, 0.1) is 5.92 Å². The van der Waals surface area contributed by atoms with E-state index in [1.54, 1.807) is 0 Å². The van der Waals surface area contributed by atoms with E-state index in [0.717, 1.165) is 45.2 Å². The highest BCUT2D eigenvalue weighted by Crippen LogP contribution is 2.26. The normalized spacial score (nSPS) is 20.7. The van der Waals surface area contributed by atoms with Gasteiger partial charge in [-0.1, -0.05) is 19.1 Å². The van der Waals surface area contributed by atoms with Crippen molar-refractivity contribution < 1.29 is 4.74 Å². The maximum absolute atomic E-state index is 5.74. The number of nitrogens with one attached hydrogen (secondary N) is 2. The molecule has 7 heteroatoms. The highest BCUT2D eigenvalue weighted by atomic mass is 32.1. The van der Waals surface area contributed by atoms with Gasteiger partial charge < -0.3 is 15.4 Å². The van der Waals surface area contributed by atoms with Crippen molar-refractivity contribution in [1.29, 1.82) is 0 Å². The predicted molar refractivity (Wildman–Crippen MR) is 121 cm³/mol. The van der Waals surface area contributed by atoms with Crippen LogP contribution in [0.5, 0.6) is 0 Å². The standard InChI is InChI=1S/C21H32N4OS2/c1-16(12-18-6-4-10-27-18)13-23-21(22-3)24-14-19(20-7-5-11-28-20)25-8-9-26-17(2)15-25/h4-7,10-11,16-17,19H,8-9,12-15H2,1-3H3,(H2,22,23,24). The van der Waals surface area contributed by atoms with Crippen LogP contribution < -0.4 is 10.6 Å². The van der Waals surface area contributed by atoms with Crippen molar-refractivity contribution in [3.05, 3.63) is 44.8 Å². The fraction of sp³-hybridized carbons (Fsp3) is 0.571. The molecule has 0 spiro atoms. The third-order valence-corrected chi connectivity index (χ3v) is 6.89. The second-order valence-corrected chi connectivity index (χ2v) is 9.44. The van der Waals surface area contributed by atoms with E-state index < -0.39 is 0 Å². The monoisotopic (exact) mass is 420 g/mol. The minimum Gasteiger partial charge on any atom is -0.376 e. The van der Waals surface area contributed by atoms with Crippen LogP contribution in [0.25, 0.3) is 0 Å². The maximum Gasteiger partial charge on any atom is 0.191 e. The molecule has 0 aromatic carbocycles. The van der Waals surface area contributed by atoms with Gasteiger partial charge in [0.2, 0.25) is 0 Å². The summed E-state index contributed by atoms with van der Waals surface area (Å²) in [7, 11) is 1.84. The van der Waals surface area contributed by atoms with Gasteiger partial charge in [0.05, 0.1) is 18.8 Å². The van der Waals surface area contributed by atoms with Crippen molar-refractivity contribution in [2.24, 2.45) is 10.9 Å². The van der Waals surface area contributed by atoms with Crippen LogP contribution in [-0.2, 0) is 11.2 Å². The predicted octanol–water partition coefficient (Wildman–Crippen LogP) is 3.62. The zero-order chi connectivity index (χ0) is 19.8. The molecule has 0 saturated carbocycles. The first-order valence-corrected chi connectivity index (χ1v) is 11.8. The van der Waals surface area contributed by atoms with Crippen LogP contribution >= 0.6 is 22.7 Å². The van der Waals surface area contributed by atoms with E-state index in [9.17, 15) is 0 Å². The molecule has 1 aliphatic rings. The Morgan fingerprint density at radius 3 is 2.71 bits per heavy atom. The minimum atomic E-state index is 0.284. The zero-order valence-corrected chi connectivity index (χ0v) is 18.7. The summed E-state index contributed by atoms with van der Waals surface area (Å²) in [5.74, 6) is 1.44. The molecule has 3 atom stereocenters. The molecule has 2 N–H and O–H groups in total. The van der Waals surface area contributed by atoms with Crippen LogP contribution in [-0.4, -0.2) is 56.8 Å². The summed E-state index contributed by atoms with van der Waals surface area (Å²) in [5.41, 5.74) is 0. The van der Waals surface area contributed by atoms with E-state index in [0.29, 0.717) is 12.0 Å². The topological polar surface area (TPSA) is 48.9 Å². The number of rotatable bonds is 8. The highest BCUT2D eigenvalue weighted by molar-refractivity contribution is 7.10. The molecule has 0 radical (unpaired) electrons. The lowest BCUT2D eigenvalue weighted by Gasteiger charge is -2.37. The summed E-state index contributed by atoms with van der Waals surface area (Å²) in [6.07, 6.45) is 1.39. The Kier molecular flexibility index (Phi) is 8.33. The molecular formula is C21H32N4OS2. The van der Waals surface area contributed by atoms with Gasteiger partial charge in [0.25, 0.3) is 0 Å². The largest absolute Gasteiger partial charge is 0.376 e. The molecule has 5 nitrogen and oxygen atoms in total. The molecule has 0 aliphatic carbocycles. The summed E-state index contributed by atoms with van der Waals surface area (Å²) in [6.45, 7) is 8.93. The molecule has 3 rings (SSSR count). The lowest BCUT2D eigenvalue weighted by molar-refractivity contribution is -0.0334. The van der Waals surface area contributed by atoms with Gasteiger partial charge in [0.1, 0.15) is 0 Å². The summed E-state index contributed by atoms with van der Waals surface area (Å²) < 4.78 is 5.74.